The highest BCUT2D eigenvalue weighted by Gasteiger charge is 2.39. The first kappa shape index (κ1) is 15.9. The monoisotopic (exact) mass is 307 g/mol. The molecule has 0 saturated carbocycles. The summed E-state index contributed by atoms with van der Waals surface area (Å²) in [6.07, 6.45) is 0. The number of Topliss-reactive ketones (excluding diaryl/α,β-unsaturated/α-hetero) is 1. The zero-order valence-electron chi connectivity index (χ0n) is 14.3. The second kappa shape index (κ2) is 6.29. The molecule has 0 amide bonds. The lowest BCUT2D eigenvalue weighted by molar-refractivity contribution is -0.130. The van der Waals surface area contributed by atoms with Gasteiger partial charge < -0.3 is 5.32 Å². The van der Waals surface area contributed by atoms with E-state index in [1.54, 1.807) is 0 Å². The van der Waals surface area contributed by atoms with Crippen LogP contribution in [-0.2, 0) is 4.79 Å². The van der Waals surface area contributed by atoms with Crippen molar-refractivity contribution >= 4 is 5.78 Å². The van der Waals surface area contributed by atoms with E-state index in [9.17, 15) is 4.79 Å². The first-order chi connectivity index (χ1) is 11.0. The maximum atomic E-state index is 12.8. The molecule has 2 aromatic carbocycles. The molecule has 2 aromatic rings. The third-order valence-corrected chi connectivity index (χ3v) is 5.13. The molecule has 1 aliphatic heterocycles. The number of benzene rings is 2. The van der Waals surface area contributed by atoms with Crippen LogP contribution in [0.2, 0.25) is 0 Å². The number of rotatable bonds is 2. The number of hydrogen-bond donors (Lipinski definition) is 1. The fourth-order valence-electron chi connectivity index (χ4n) is 3.54. The van der Waals surface area contributed by atoms with Gasteiger partial charge in [-0.2, -0.15) is 0 Å². The van der Waals surface area contributed by atoms with E-state index in [1.165, 1.54) is 22.3 Å². The topological polar surface area (TPSA) is 29.1 Å². The molecule has 1 aliphatic rings. The predicted octanol–water partition coefficient (Wildman–Crippen LogP) is 4.53. The number of aryl methyl sites for hydroxylation is 2. The molecule has 0 aromatic heterocycles. The maximum absolute atomic E-state index is 12.8. The molecule has 0 bridgehead atoms. The van der Waals surface area contributed by atoms with Gasteiger partial charge in [0, 0.05) is 23.9 Å². The van der Waals surface area contributed by atoms with Gasteiger partial charge in [0.05, 0.1) is 0 Å². The van der Waals surface area contributed by atoms with Gasteiger partial charge in [-0.1, -0.05) is 73.5 Å². The number of carbonyl (C=O) groups excluding carboxylic acids is 1. The maximum Gasteiger partial charge on any atom is 0.142 e. The smallest absolute Gasteiger partial charge is 0.142 e. The van der Waals surface area contributed by atoms with Crippen LogP contribution >= 0.6 is 0 Å². The molecule has 0 aliphatic carbocycles. The molecule has 23 heavy (non-hydrogen) atoms. The molecule has 1 saturated heterocycles. The van der Waals surface area contributed by atoms with Gasteiger partial charge in [-0.3, -0.25) is 4.79 Å². The van der Waals surface area contributed by atoms with E-state index in [4.69, 9.17) is 0 Å². The predicted molar refractivity (Wildman–Crippen MR) is 94.3 cm³/mol. The van der Waals surface area contributed by atoms with Gasteiger partial charge in [0.25, 0.3) is 0 Å². The lowest BCUT2D eigenvalue weighted by Crippen LogP contribution is -2.46. The van der Waals surface area contributed by atoms with Crippen molar-refractivity contribution in [3.63, 3.8) is 0 Å². The van der Waals surface area contributed by atoms with Crippen molar-refractivity contribution in [2.75, 3.05) is 0 Å². The normalized spacial score (nSPS) is 27.9. The van der Waals surface area contributed by atoms with Gasteiger partial charge >= 0.3 is 0 Å². The highest BCUT2D eigenvalue weighted by atomic mass is 16.1. The minimum Gasteiger partial charge on any atom is -0.302 e. The summed E-state index contributed by atoms with van der Waals surface area (Å²) in [6, 6.07) is 17.2. The Bertz CT molecular complexity index is 627. The Balaban J connectivity index is 1.94. The molecule has 0 radical (unpaired) electrons. The van der Waals surface area contributed by atoms with E-state index in [0.717, 1.165) is 0 Å². The molecule has 3 rings (SSSR count). The van der Waals surface area contributed by atoms with E-state index < -0.39 is 0 Å². The summed E-state index contributed by atoms with van der Waals surface area (Å²) < 4.78 is 0. The summed E-state index contributed by atoms with van der Waals surface area (Å²) in [5.74, 6) is 0.337. The second-order valence-electron chi connectivity index (χ2n) is 6.92. The van der Waals surface area contributed by atoms with Crippen molar-refractivity contribution in [2.45, 2.75) is 39.8 Å². The van der Waals surface area contributed by atoms with Crippen LogP contribution in [0, 0.1) is 25.7 Å². The summed E-state index contributed by atoms with van der Waals surface area (Å²) in [6.45, 7) is 8.26. The average molecular weight is 307 g/mol. The first-order valence-corrected chi connectivity index (χ1v) is 8.40. The molecule has 2 heteroatoms. The van der Waals surface area contributed by atoms with Gasteiger partial charge in [0.1, 0.15) is 5.78 Å². The molecular weight excluding hydrogens is 282 g/mol. The fourth-order valence-corrected chi connectivity index (χ4v) is 3.54. The molecular formula is C21H25NO. The van der Waals surface area contributed by atoms with Gasteiger partial charge in [-0.05, 0) is 25.0 Å². The number of piperidine rings is 1. The number of carbonyl (C=O) groups is 1. The van der Waals surface area contributed by atoms with E-state index in [2.05, 4.69) is 67.7 Å². The molecule has 4 atom stereocenters. The van der Waals surface area contributed by atoms with Crippen molar-refractivity contribution in [3.8, 4) is 0 Å². The molecule has 0 unspecified atom stereocenters. The number of nitrogens with one attached hydrogen (secondary N) is 1. The van der Waals surface area contributed by atoms with Crippen molar-refractivity contribution in [2.24, 2.45) is 11.8 Å². The second-order valence-corrected chi connectivity index (χ2v) is 6.92. The van der Waals surface area contributed by atoms with Crippen molar-refractivity contribution in [3.05, 3.63) is 70.8 Å². The summed E-state index contributed by atoms with van der Waals surface area (Å²) in [4.78, 5) is 12.8. The van der Waals surface area contributed by atoms with Crippen molar-refractivity contribution < 1.29 is 4.79 Å². The standard InChI is InChI=1S/C21H25NO/c1-13-5-9-17(10-6-13)19-15(3)21(23)16(4)20(22-19)18-11-7-14(2)8-12-18/h5-12,15-16,19-20,22H,1-4H3/t15-,16-,19-,20+/m1/s1. The van der Waals surface area contributed by atoms with Crippen LogP contribution in [-0.4, -0.2) is 5.78 Å². The summed E-state index contributed by atoms with van der Waals surface area (Å²) >= 11 is 0. The van der Waals surface area contributed by atoms with Crippen LogP contribution in [0.5, 0.6) is 0 Å². The SMILES string of the molecule is Cc1ccc([C@H]2N[C@@H](c3ccc(C)cc3)[C@@H](C)C(=O)[C@@H]2C)cc1. The Morgan fingerprint density at radius 3 is 1.39 bits per heavy atom. The molecule has 1 N–H and O–H groups in total. The quantitative estimate of drug-likeness (QED) is 0.883. The van der Waals surface area contributed by atoms with Crippen LogP contribution < -0.4 is 5.32 Å². The fraction of sp³-hybridized carbons (Fsp3) is 0.381. The van der Waals surface area contributed by atoms with E-state index in [0.29, 0.717) is 5.78 Å². The molecule has 120 valence electrons. The Kier molecular flexibility index (Phi) is 4.36. The minimum atomic E-state index is -0.00518. The third-order valence-electron chi connectivity index (χ3n) is 5.13. The zero-order valence-corrected chi connectivity index (χ0v) is 14.3. The summed E-state index contributed by atoms with van der Waals surface area (Å²) in [5, 5.41) is 3.73. The Morgan fingerprint density at radius 2 is 1.04 bits per heavy atom. The molecule has 1 heterocycles. The first-order valence-electron chi connectivity index (χ1n) is 8.40. The van der Waals surface area contributed by atoms with Crippen LogP contribution in [0.4, 0.5) is 0 Å². The van der Waals surface area contributed by atoms with Gasteiger partial charge in [0.2, 0.25) is 0 Å². The van der Waals surface area contributed by atoms with Crippen molar-refractivity contribution in [1.82, 2.24) is 5.32 Å². The average Bonchev–Trinajstić information content (AvgIpc) is 2.55. The Labute approximate surface area is 138 Å². The highest BCUT2D eigenvalue weighted by molar-refractivity contribution is 5.85. The molecule has 0 spiro atoms. The Hall–Kier alpha value is -1.93. The number of ketones is 1. The lowest BCUT2D eigenvalue weighted by Gasteiger charge is -2.39. The van der Waals surface area contributed by atoms with Crippen LogP contribution in [0.25, 0.3) is 0 Å². The highest BCUT2D eigenvalue weighted by Crippen LogP contribution is 2.38. The largest absolute Gasteiger partial charge is 0.302 e. The molecule has 2 nitrogen and oxygen atoms in total. The number of hydrogen-bond acceptors (Lipinski definition) is 2. The van der Waals surface area contributed by atoms with Gasteiger partial charge in [-0.15, -0.1) is 0 Å². The van der Waals surface area contributed by atoms with Crippen LogP contribution in [0.3, 0.4) is 0 Å². The van der Waals surface area contributed by atoms with Gasteiger partial charge in [0.15, 0.2) is 0 Å². The van der Waals surface area contributed by atoms with E-state index >= 15 is 0 Å². The van der Waals surface area contributed by atoms with Crippen molar-refractivity contribution in [1.29, 1.82) is 0 Å². The molecule has 1 fully saturated rings. The van der Waals surface area contributed by atoms with Crippen LogP contribution in [0.1, 0.15) is 48.2 Å². The summed E-state index contributed by atoms with van der Waals surface area (Å²) in [7, 11) is 0. The third kappa shape index (κ3) is 3.09. The Morgan fingerprint density at radius 1 is 0.696 bits per heavy atom. The lowest BCUT2D eigenvalue weighted by atomic mass is 9.76. The zero-order chi connectivity index (χ0) is 16.6. The van der Waals surface area contributed by atoms with Crippen LogP contribution in [0.15, 0.2) is 48.5 Å². The summed E-state index contributed by atoms with van der Waals surface area (Å²) in [5.41, 5.74) is 4.87. The van der Waals surface area contributed by atoms with Gasteiger partial charge in [-0.25, -0.2) is 0 Å². The van der Waals surface area contributed by atoms with E-state index in [1.807, 2.05) is 13.8 Å². The van der Waals surface area contributed by atoms with E-state index in [-0.39, 0.29) is 23.9 Å². The minimum absolute atomic E-state index is 0.00518.